The van der Waals surface area contributed by atoms with Gasteiger partial charge < -0.3 is 11.1 Å². The molecule has 0 bridgehead atoms. The van der Waals surface area contributed by atoms with Gasteiger partial charge in [0.2, 0.25) is 17.6 Å². The van der Waals surface area contributed by atoms with Crippen molar-refractivity contribution in [2.75, 3.05) is 0 Å². The van der Waals surface area contributed by atoms with Gasteiger partial charge in [-0.05, 0) is 25.7 Å². The number of benzene rings is 2. The predicted octanol–water partition coefficient (Wildman–Crippen LogP) is 4.52. The maximum Gasteiger partial charge on any atom is 0.243 e. The molecule has 1 saturated carbocycles. The molecule has 0 aliphatic heterocycles. The van der Waals surface area contributed by atoms with Crippen molar-refractivity contribution in [3.63, 3.8) is 0 Å². The minimum absolute atomic E-state index is 0.116. The van der Waals surface area contributed by atoms with E-state index in [1.807, 2.05) is 48.5 Å². The van der Waals surface area contributed by atoms with E-state index < -0.39 is 11.4 Å². The molecule has 4 rings (SSSR count). The SMILES string of the molecule is CC(Cc1nc(-c2ccccc2)c(C(=O)c2ccccc2)s1)(NC(=O)CC1CCCC1)C(N)=O. The molecule has 3 aromatic rings. The molecule has 1 unspecified atom stereocenters. The molecule has 6 nitrogen and oxygen atoms in total. The van der Waals surface area contributed by atoms with Crippen molar-refractivity contribution in [1.29, 1.82) is 0 Å². The van der Waals surface area contributed by atoms with Crippen LogP contribution in [0.1, 0.15) is 59.3 Å². The van der Waals surface area contributed by atoms with Crippen LogP contribution in [0.3, 0.4) is 0 Å². The van der Waals surface area contributed by atoms with Crippen LogP contribution in [0.2, 0.25) is 0 Å². The van der Waals surface area contributed by atoms with E-state index in [0.29, 0.717) is 33.5 Å². The standard InChI is InChI=1S/C27H29N3O3S/c1-27(26(28)33,30-21(31)16-18-10-8-9-11-18)17-22-29-23(19-12-4-2-5-13-19)25(34-22)24(32)20-14-6-3-7-15-20/h2-7,12-15,18H,8-11,16-17H2,1H3,(H2,28,33)(H,30,31). The Labute approximate surface area is 203 Å². The molecule has 34 heavy (non-hydrogen) atoms. The Balaban J connectivity index is 1.63. The minimum Gasteiger partial charge on any atom is -0.368 e. The first kappa shape index (κ1) is 23.8. The number of amides is 2. The number of nitrogens with zero attached hydrogens (tertiary/aromatic N) is 1. The normalized spacial score (nSPS) is 15.6. The van der Waals surface area contributed by atoms with Crippen LogP contribution in [0.25, 0.3) is 11.3 Å². The zero-order valence-electron chi connectivity index (χ0n) is 19.3. The van der Waals surface area contributed by atoms with Crippen LogP contribution in [0.5, 0.6) is 0 Å². The van der Waals surface area contributed by atoms with Gasteiger partial charge in [0, 0.05) is 24.0 Å². The third-order valence-electron chi connectivity index (χ3n) is 6.37. The fourth-order valence-corrected chi connectivity index (χ4v) is 5.64. The van der Waals surface area contributed by atoms with Gasteiger partial charge in [0.05, 0.1) is 10.7 Å². The Kier molecular flexibility index (Phi) is 7.22. The average molecular weight is 476 g/mol. The van der Waals surface area contributed by atoms with Crippen LogP contribution >= 0.6 is 11.3 Å². The number of hydrogen-bond donors (Lipinski definition) is 2. The maximum atomic E-state index is 13.3. The van der Waals surface area contributed by atoms with E-state index in [-0.39, 0.29) is 18.1 Å². The van der Waals surface area contributed by atoms with Gasteiger partial charge >= 0.3 is 0 Å². The van der Waals surface area contributed by atoms with Crippen molar-refractivity contribution in [3.8, 4) is 11.3 Å². The summed E-state index contributed by atoms with van der Waals surface area (Å²) in [5, 5.41) is 3.44. The Morgan fingerprint density at radius 1 is 1.03 bits per heavy atom. The molecule has 1 fully saturated rings. The summed E-state index contributed by atoms with van der Waals surface area (Å²) < 4.78 is 0. The van der Waals surface area contributed by atoms with Crippen molar-refractivity contribution >= 4 is 28.9 Å². The quantitative estimate of drug-likeness (QED) is 0.444. The van der Waals surface area contributed by atoms with Crippen molar-refractivity contribution in [2.24, 2.45) is 11.7 Å². The van der Waals surface area contributed by atoms with E-state index in [4.69, 9.17) is 10.7 Å². The van der Waals surface area contributed by atoms with Gasteiger partial charge in [-0.1, -0.05) is 73.5 Å². The fraction of sp³-hybridized carbons (Fsp3) is 0.333. The third kappa shape index (κ3) is 5.42. The predicted molar refractivity (Wildman–Crippen MR) is 133 cm³/mol. The zero-order chi connectivity index (χ0) is 24.1. The van der Waals surface area contributed by atoms with Crippen molar-refractivity contribution in [3.05, 3.63) is 76.1 Å². The number of rotatable bonds is 9. The first-order chi connectivity index (χ1) is 16.4. The molecule has 0 saturated heterocycles. The summed E-state index contributed by atoms with van der Waals surface area (Å²) in [4.78, 5) is 43.7. The second-order valence-corrected chi connectivity index (χ2v) is 10.2. The molecule has 3 N–H and O–H groups in total. The van der Waals surface area contributed by atoms with Crippen molar-refractivity contribution in [1.82, 2.24) is 10.3 Å². The number of hydrogen-bond acceptors (Lipinski definition) is 5. The minimum atomic E-state index is -1.30. The molecule has 7 heteroatoms. The molecular formula is C27H29N3O3S. The van der Waals surface area contributed by atoms with Gasteiger partial charge in [0.25, 0.3) is 0 Å². The fourth-order valence-electron chi connectivity index (χ4n) is 4.44. The van der Waals surface area contributed by atoms with Crippen LogP contribution < -0.4 is 11.1 Å². The monoisotopic (exact) mass is 475 g/mol. The van der Waals surface area contributed by atoms with Crippen LogP contribution in [-0.2, 0) is 16.0 Å². The summed E-state index contributed by atoms with van der Waals surface area (Å²) in [6.45, 7) is 1.63. The lowest BCUT2D eigenvalue weighted by molar-refractivity contribution is -0.131. The number of aromatic nitrogens is 1. The first-order valence-electron chi connectivity index (χ1n) is 11.6. The molecule has 1 atom stereocenters. The summed E-state index contributed by atoms with van der Waals surface area (Å²) in [7, 11) is 0. The highest BCUT2D eigenvalue weighted by atomic mass is 32.1. The number of carbonyl (C=O) groups excluding carboxylic acids is 3. The molecule has 1 aromatic heterocycles. The zero-order valence-corrected chi connectivity index (χ0v) is 20.1. The average Bonchev–Trinajstić information content (AvgIpc) is 3.49. The van der Waals surface area contributed by atoms with Crippen LogP contribution in [0, 0.1) is 5.92 Å². The van der Waals surface area contributed by atoms with Crippen LogP contribution in [-0.4, -0.2) is 28.1 Å². The molecule has 0 spiro atoms. The molecular weight excluding hydrogens is 446 g/mol. The number of ketones is 1. The molecule has 2 aromatic carbocycles. The summed E-state index contributed by atoms with van der Waals surface area (Å²) >= 11 is 1.24. The topological polar surface area (TPSA) is 102 Å². The van der Waals surface area contributed by atoms with E-state index >= 15 is 0 Å². The molecule has 1 heterocycles. The lowest BCUT2D eigenvalue weighted by Crippen LogP contribution is -2.57. The van der Waals surface area contributed by atoms with E-state index in [1.54, 1.807) is 19.1 Å². The van der Waals surface area contributed by atoms with E-state index in [9.17, 15) is 14.4 Å². The van der Waals surface area contributed by atoms with Crippen LogP contribution in [0.15, 0.2) is 60.7 Å². The first-order valence-corrected chi connectivity index (χ1v) is 12.4. The Morgan fingerprint density at radius 3 is 2.26 bits per heavy atom. The van der Waals surface area contributed by atoms with E-state index in [2.05, 4.69) is 5.32 Å². The summed E-state index contributed by atoms with van der Waals surface area (Å²) in [5.74, 6) is -0.570. The molecule has 0 radical (unpaired) electrons. The number of nitrogens with one attached hydrogen (secondary N) is 1. The lowest BCUT2D eigenvalue weighted by Gasteiger charge is -2.27. The van der Waals surface area contributed by atoms with Gasteiger partial charge in [0.15, 0.2) is 0 Å². The molecule has 1 aliphatic rings. The molecule has 2 amide bonds. The highest BCUT2D eigenvalue weighted by Crippen LogP contribution is 2.32. The second kappa shape index (κ2) is 10.3. The number of carbonyl (C=O) groups is 3. The lowest BCUT2D eigenvalue weighted by atomic mass is 9.95. The summed E-state index contributed by atoms with van der Waals surface area (Å²) in [6.07, 6.45) is 4.88. The Bertz CT molecular complexity index is 1170. The van der Waals surface area contributed by atoms with Gasteiger partial charge in [-0.15, -0.1) is 11.3 Å². The number of primary amides is 1. The molecule has 176 valence electrons. The largest absolute Gasteiger partial charge is 0.368 e. The van der Waals surface area contributed by atoms with Crippen molar-refractivity contribution in [2.45, 2.75) is 51.0 Å². The number of nitrogens with two attached hydrogens (primary N) is 1. The van der Waals surface area contributed by atoms with Gasteiger partial charge in [-0.3, -0.25) is 14.4 Å². The summed E-state index contributed by atoms with van der Waals surface area (Å²) in [6, 6.07) is 18.5. The number of thiazole rings is 1. The smallest absolute Gasteiger partial charge is 0.243 e. The Hall–Kier alpha value is -3.32. The third-order valence-corrected chi connectivity index (χ3v) is 7.43. The highest BCUT2D eigenvalue weighted by molar-refractivity contribution is 7.14. The van der Waals surface area contributed by atoms with Gasteiger partial charge in [0.1, 0.15) is 10.4 Å². The van der Waals surface area contributed by atoms with Crippen LogP contribution in [0.4, 0.5) is 0 Å². The Morgan fingerprint density at radius 2 is 1.65 bits per heavy atom. The summed E-state index contributed by atoms with van der Waals surface area (Å²) in [5.41, 5.74) is 6.39. The van der Waals surface area contributed by atoms with Crippen molar-refractivity contribution < 1.29 is 14.4 Å². The van der Waals surface area contributed by atoms with E-state index in [0.717, 1.165) is 31.2 Å². The van der Waals surface area contributed by atoms with E-state index in [1.165, 1.54) is 11.3 Å². The van der Waals surface area contributed by atoms with Gasteiger partial charge in [-0.2, -0.15) is 0 Å². The van der Waals surface area contributed by atoms with Gasteiger partial charge in [-0.25, -0.2) is 4.98 Å². The second-order valence-electron chi connectivity index (χ2n) is 9.12. The highest BCUT2D eigenvalue weighted by Gasteiger charge is 2.36. The molecule has 1 aliphatic carbocycles. The maximum absolute atomic E-state index is 13.3.